The number of allylic oxidation sites excluding steroid dienone is 1. The third-order valence-corrected chi connectivity index (χ3v) is 6.28. The van der Waals surface area contributed by atoms with Gasteiger partial charge in [-0.3, -0.25) is 0 Å². The van der Waals surface area contributed by atoms with E-state index in [1.807, 2.05) is 0 Å². The normalized spacial score (nSPS) is 24.8. The van der Waals surface area contributed by atoms with E-state index < -0.39 is 6.10 Å². The van der Waals surface area contributed by atoms with Gasteiger partial charge in [0.15, 0.2) is 6.10 Å². The van der Waals surface area contributed by atoms with Gasteiger partial charge in [-0.1, -0.05) is 48.7 Å². The number of ether oxygens (including phenoxy) is 2. The molecule has 0 spiro atoms. The number of fused-ring (bicyclic) bond motifs is 1. The van der Waals surface area contributed by atoms with Gasteiger partial charge in [0.05, 0.1) is 11.6 Å². The van der Waals surface area contributed by atoms with E-state index in [1.54, 1.807) is 25.1 Å². The van der Waals surface area contributed by atoms with Gasteiger partial charge in [0.1, 0.15) is 5.75 Å². The van der Waals surface area contributed by atoms with E-state index in [1.165, 1.54) is 12.0 Å². The SMILES string of the molecule is CC(Oc1ccc(Cl)cc1Cl)C(=O)OCCC1=CCC2CC1C2(C)C. The molecule has 0 heterocycles. The molecule has 1 aromatic carbocycles. The molecule has 4 rings (SSSR count). The number of benzene rings is 1. The van der Waals surface area contributed by atoms with Crippen LogP contribution < -0.4 is 4.74 Å². The zero-order chi connectivity index (χ0) is 18.2. The summed E-state index contributed by atoms with van der Waals surface area (Å²) in [5, 5.41) is 0.899. The van der Waals surface area contributed by atoms with Crippen molar-refractivity contribution in [2.24, 2.45) is 17.3 Å². The Balaban J connectivity index is 1.47. The third kappa shape index (κ3) is 3.83. The number of carbonyl (C=O) groups is 1. The predicted octanol–water partition coefficient (Wildman–Crippen LogP) is 5.69. The molecule has 0 amide bonds. The van der Waals surface area contributed by atoms with E-state index in [4.69, 9.17) is 32.7 Å². The number of hydrogen-bond donors (Lipinski definition) is 0. The van der Waals surface area contributed by atoms with Crippen molar-refractivity contribution in [2.45, 2.75) is 46.1 Å². The van der Waals surface area contributed by atoms with Crippen LogP contribution in [-0.2, 0) is 9.53 Å². The number of rotatable bonds is 6. The van der Waals surface area contributed by atoms with Crippen molar-refractivity contribution >= 4 is 29.2 Å². The smallest absolute Gasteiger partial charge is 0.347 e. The van der Waals surface area contributed by atoms with Gasteiger partial charge in [0.2, 0.25) is 0 Å². The van der Waals surface area contributed by atoms with Crippen LogP contribution in [-0.4, -0.2) is 18.7 Å². The van der Waals surface area contributed by atoms with E-state index in [0.29, 0.717) is 33.7 Å². The predicted molar refractivity (Wildman–Crippen MR) is 100 cm³/mol. The van der Waals surface area contributed by atoms with Crippen LogP contribution in [0.2, 0.25) is 10.0 Å². The lowest BCUT2D eigenvalue weighted by Gasteiger charge is -2.56. The molecule has 1 fully saturated rings. The van der Waals surface area contributed by atoms with Gasteiger partial charge in [-0.05, 0) is 55.2 Å². The van der Waals surface area contributed by atoms with Crippen LogP contribution in [0.25, 0.3) is 0 Å². The van der Waals surface area contributed by atoms with Crippen LogP contribution >= 0.6 is 23.2 Å². The van der Waals surface area contributed by atoms with E-state index >= 15 is 0 Å². The van der Waals surface area contributed by atoms with E-state index in [9.17, 15) is 4.79 Å². The molecule has 3 nitrogen and oxygen atoms in total. The average Bonchev–Trinajstić information content (AvgIpc) is 2.57. The first-order valence-electron chi connectivity index (χ1n) is 8.76. The molecule has 3 atom stereocenters. The second-order valence-electron chi connectivity index (χ2n) is 7.57. The summed E-state index contributed by atoms with van der Waals surface area (Å²) in [7, 11) is 0. The highest BCUT2D eigenvalue weighted by Gasteiger charge is 2.50. The zero-order valence-electron chi connectivity index (χ0n) is 14.9. The molecule has 5 heteroatoms. The van der Waals surface area contributed by atoms with Crippen molar-refractivity contribution in [3.63, 3.8) is 0 Å². The number of hydrogen-bond acceptors (Lipinski definition) is 3. The fraction of sp³-hybridized carbons (Fsp3) is 0.550. The Bertz CT molecular complexity index is 696. The van der Waals surface area contributed by atoms with Crippen LogP contribution in [0, 0.1) is 17.3 Å². The lowest BCUT2D eigenvalue weighted by molar-refractivity contribution is -0.151. The summed E-state index contributed by atoms with van der Waals surface area (Å²) < 4.78 is 11.0. The van der Waals surface area contributed by atoms with Gasteiger partial charge in [-0.15, -0.1) is 0 Å². The van der Waals surface area contributed by atoms with Crippen LogP contribution in [0.5, 0.6) is 5.75 Å². The summed E-state index contributed by atoms with van der Waals surface area (Å²) >= 11 is 11.9. The highest BCUT2D eigenvalue weighted by Crippen LogP contribution is 2.59. The maximum absolute atomic E-state index is 12.2. The molecule has 0 radical (unpaired) electrons. The third-order valence-electron chi connectivity index (χ3n) is 5.75. The second-order valence-corrected chi connectivity index (χ2v) is 8.42. The van der Waals surface area contributed by atoms with Crippen molar-refractivity contribution in [1.29, 1.82) is 0 Å². The summed E-state index contributed by atoms with van der Waals surface area (Å²) in [5.74, 6) is 1.51. The first-order valence-corrected chi connectivity index (χ1v) is 9.52. The molecule has 3 unspecified atom stereocenters. The molecule has 0 N–H and O–H groups in total. The highest BCUT2D eigenvalue weighted by atomic mass is 35.5. The summed E-state index contributed by atoms with van der Waals surface area (Å²) in [6.45, 7) is 6.74. The van der Waals surface area contributed by atoms with Crippen LogP contribution in [0.3, 0.4) is 0 Å². The van der Waals surface area contributed by atoms with Gasteiger partial charge in [-0.2, -0.15) is 0 Å². The largest absolute Gasteiger partial charge is 0.477 e. The van der Waals surface area contributed by atoms with Gasteiger partial charge >= 0.3 is 5.97 Å². The Kier molecular flexibility index (Phi) is 5.36. The van der Waals surface area contributed by atoms with Crippen molar-refractivity contribution in [3.05, 3.63) is 39.9 Å². The lowest BCUT2D eigenvalue weighted by atomic mass is 9.48. The van der Waals surface area contributed by atoms with Crippen LogP contribution in [0.4, 0.5) is 0 Å². The molecule has 0 aromatic heterocycles. The molecule has 0 aliphatic heterocycles. The molecule has 0 saturated heterocycles. The van der Waals surface area contributed by atoms with Crippen molar-refractivity contribution in [1.82, 2.24) is 0 Å². The molecule has 1 aromatic rings. The fourth-order valence-corrected chi connectivity index (χ4v) is 4.41. The molecular formula is C20H24Cl2O3. The average molecular weight is 383 g/mol. The summed E-state index contributed by atoms with van der Waals surface area (Å²) in [5.41, 5.74) is 1.84. The first-order chi connectivity index (χ1) is 11.8. The van der Waals surface area contributed by atoms with Gasteiger partial charge < -0.3 is 9.47 Å². The summed E-state index contributed by atoms with van der Waals surface area (Å²) in [4.78, 5) is 12.2. The van der Waals surface area contributed by atoms with Gasteiger partial charge in [0.25, 0.3) is 0 Å². The molecule has 3 aliphatic carbocycles. The standard InChI is InChI=1S/C20H24Cl2O3/c1-12(25-18-7-6-15(21)11-17(18)22)19(23)24-9-8-13-4-5-14-10-16(13)20(14,2)3/h4,6-7,11-12,14,16H,5,8-10H2,1-3H3. The maximum atomic E-state index is 12.2. The molecule has 1 saturated carbocycles. The number of carbonyl (C=O) groups excluding carboxylic acids is 1. The highest BCUT2D eigenvalue weighted by molar-refractivity contribution is 6.35. The summed E-state index contributed by atoms with van der Waals surface area (Å²) in [6, 6.07) is 4.90. The Morgan fingerprint density at radius 1 is 1.36 bits per heavy atom. The molecule has 2 bridgehead atoms. The molecule has 136 valence electrons. The monoisotopic (exact) mass is 382 g/mol. The minimum Gasteiger partial charge on any atom is -0.477 e. The van der Waals surface area contributed by atoms with Crippen molar-refractivity contribution < 1.29 is 14.3 Å². The lowest BCUT2D eigenvalue weighted by Crippen LogP contribution is -2.48. The quantitative estimate of drug-likeness (QED) is 0.468. The van der Waals surface area contributed by atoms with Gasteiger partial charge in [-0.25, -0.2) is 4.79 Å². The topological polar surface area (TPSA) is 35.5 Å². The van der Waals surface area contributed by atoms with Crippen molar-refractivity contribution in [3.8, 4) is 5.75 Å². The second kappa shape index (κ2) is 7.20. The van der Waals surface area contributed by atoms with E-state index in [2.05, 4.69) is 19.9 Å². The minimum atomic E-state index is -0.719. The van der Waals surface area contributed by atoms with Crippen molar-refractivity contribution in [2.75, 3.05) is 6.61 Å². The molecule has 25 heavy (non-hydrogen) atoms. The van der Waals surface area contributed by atoms with Crippen LogP contribution in [0.1, 0.15) is 40.0 Å². The Morgan fingerprint density at radius 2 is 2.12 bits per heavy atom. The number of esters is 1. The number of halogens is 2. The molecular weight excluding hydrogens is 359 g/mol. The minimum absolute atomic E-state index is 0.376. The van der Waals surface area contributed by atoms with Crippen LogP contribution in [0.15, 0.2) is 29.8 Å². The fourth-order valence-electron chi connectivity index (χ4n) is 3.95. The van der Waals surface area contributed by atoms with Gasteiger partial charge in [0, 0.05) is 11.4 Å². The zero-order valence-corrected chi connectivity index (χ0v) is 16.4. The first kappa shape index (κ1) is 18.6. The Labute approximate surface area is 159 Å². The Hall–Kier alpha value is -1.19. The Morgan fingerprint density at radius 3 is 2.76 bits per heavy atom. The molecule has 3 aliphatic rings. The maximum Gasteiger partial charge on any atom is 0.347 e. The van der Waals surface area contributed by atoms with E-state index in [0.717, 1.165) is 18.8 Å². The summed E-state index contributed by atoms with van der Waals surface area (Å²) in [6.07, 6.45) is 4.86. The van der Waals surface area contributed by atoms with E-state index in [-0.39, 0.29) is 5.97 Å².